The van der Waals surface area contributed by atoms with Gasteiger partial charge < -0.3 is 25.0 Å². The Kier molecular flexibility index (Phi) is 11.0. The lowest BCUT2D eigenvalue weighted by Gasteiger charge is -2.35. The number of carbonyl (C=O) groups excluding carboxylic acids is 2. The van der Waals surface area contributed by atoms with Gasteiger partial charge in [-0.05, 0) is 79.6 Å². The summed E-state index contributed by atoms with van der Waals surface area (Å²) in [6.45, 7) is 5.39. The van der Waals surface area contributed by atoms with Crippen LogP contribution < -0.4 is 20.3 Å². The average molecular weight is 544 g/mol. The van der Waals surface area contributed by atoms with E-state index >= 15 is 0 Å². The summed E-state index contributed by atoms with van der Waals surface area (Å²) >= 11 is 0. The summed E-state index contributed by atoms with van der Waals surface area (Å²) in [5, 5.41) is 5.90. The number of ether oxygens (including phenoxy) is 2. The fourth-order valence-electron chi connectivity index (χ4n) is 5.00. The molecule has 3 aromatic carbocycles. The normalized spacial score (nSPS) is 13.6. The van der Waals surface area contributed by atoms with Crippen molar-refractivity contribution in [3.05, 3.63) is 89.5 Å². The summed E-state index contributed by atoms with van der Waals surface area (Å²) in [4.78, 5) is 28.5. The number of rotatable bonds is 13. The molecule has 1 saturated heterocycles. The van der Waals surface area contributed by atoms with E-state index in [4.69, 9.17) is 9.47 Å². The minimum atomic E-state index is -0.236. The molecule has 0 aliphatic carbocycles. The van der Waals surface area contributed by atoms with E-state index in [1.54, 1.807) is 25.3 Å². The predicted octanol–water partition coefficient (Wildman–Crippen LogP) is 5.95. The monoisotopic (exact) mass is 543 g/mol. The van der Waals surface area contributed by atoms with Crippen molar-refractivity contribution in [1.29, 1.82) is 0 Å². The third kappa shape index (κ3) is 8.33. The van der Waals surface area contributed by atoms with Gasteiger partial charge in [0.25, 0.3) is 11.8 Å². The largest absolute Gasteiger partial charge is 0.494 e. The third-order valence-electron chi connectivity index (χ3n) is 7.30. The fraction of sp³-hybridized carbons (Fsp3) is 0.394. The quantitative estimate of drug-likeness (QED) is 0.260. The zero-order valence-corrected chi connectivity index (χ0v) is 23.7. The van der Waals surface area contributed by atoms with Gasteiger partial charge in [-0.25, -0.2) is 0 Å². The van der Waals surface area contributed by atoms with Crippen LogP contribution in [0.15, 0.2) is 72.8 Å². The Balaban J connectivity index is 1.44. The van der Waals surface area contributed by atoms with Gasteiger partial charge in [0.2, 0.25) is 0 Å². The number of amides is 2. The van der Waals surface area contributed by atoms with Gasteiger partial charge in [-0.2, -0.15) is 0 Å². The number of nitrogens with zero attached hydrogens (tertiary/aromatic N) is 1. The van der Waals surface area contributed by atoms with Gasteiger partial charge in [0.1, 0.15) is 5.75 Å². The summed E-state index contributed by atoms with van der Waals surface area (Å²) < 4.78 is 10.8. The van der Waals surface area contributed by atoms with Crippen molar-refractivity contribution in [2.24, 2.45) is 5.92 Å². The van der Waals surface area contributed by atoms with Crippen LogP contribution >= 0.6 is 0 Å². The molecule has 1 fully saturated rings. The van der Waals surface area contributed by atoms with Gasteiger partial charge in [0.05, 0.1) is 18.8 Å². The lowest BCUT2D eigenvalue weighted by molar-refractivity contribution is 0.0936. The predicted molar refractivity (Wildman–Crippen MR) is 161 cm³/mol. The zero-order valence-electron chi connectivity index (χ0n) is 23.7. The first-order valence-corrected chi connectivity index (χ1v) is 14.3. The van der Waals surface area contributed by atoms with Crippen LogP contribution in [0.2, 0.25) is 0 Å². The van der Waals surface area contributed by atoms with E-state index in [0.717, 1.165) is 56.6 Å². The van der Waals surface area contributed by atoms with Crippen LogP contribution in [-0.2, 0) is 11.2 Å². The molecule has 0 spiro atoms. The topological polar surface area (TPSA) is 79.9 Å². The van der Waals surface area contributed by atoms with E-state index in [9.17, 15) is 9.59 Å². The van der Waals surface area contributed by atoms with Gasteiger partial charge in [-0.3, -0.25) is 9.59 Å². The number of piperidine rings is 1. The van der Waals surface area contributed by atoms with Crippen molar-refractivity contribution in [3.8, 4) is 5.75 Å². The molecule has 7 heteroatoms. The molecule has 0 atom stereocenters. The Morgan fingerprint density at radius 2 is 1.68 bits per heavy atom. The average Bonchev–Trinajstić information content (AvgIpc) is 2.99. The van der Waals surface area contributed by atoms with E-state index in [2.05, 4.69) is 52.8 Å². The Hall–Kier alpha value is -3.84. The van der Waals surface area contributed by atoms with Crippen molar-refractivity contribution in [2.45, 2.75) is 39.0 Å². The number of nitrogens with one attached hydrogen (secondary N) is 2. The Bertz CT molecular complexity index is 1220. The molecule has 1 aliphatic rings. The molecule has 40 heavy (non-hydrogen) atoms. The molecule has 1 aliphatic heterocycles. The molecular formula is C33H41N3O4. The van der Waals surface area contributed by atoms with Gasteiger partial charge >= 0.3 is 0 Å². The Morgan fingerprint density at radius 3 is 2.38 bits per heavy atom. The van der Waals surface area contributed by atoms with E-state index < -0.39 is 0 Å². The second-order valence-electron chi connectivity index (χ2n) is 10.3. The number of hydrogen-bond donors (Lipinski definition) is 2. The maximum absolute atomic E-state index is 13.2. The smallest absolute Gasteiger partial charge is 0.255 e. The van der Waals surface area contributed by atoms with Gasteiger partial charge in [-0.15, -0.1) is 0 Å². The van der Waals surface area contributed by atoms with Crippen LogP contribution in [0, 0.1) is 5.92 Å². The van der Waals surface area contributed by atoms with Crippen molar-refractivity contribution < 1.29 is 19.1 Å². The molecular weight excluding hydrogens is 502 g/mol. The second-order valence-corrected chi connectivity index (χ2v) is 10.3. The Morgan fingerprint density at radius 1 is 0.925 bits per heavy atom. The summed E-state index contributed by atoms with van der Waals surface area (Å²) in [6.07, 6.45) is 5.27. The van der Waals surface area contributed by atoms with E-state index in [1.165, 1.54) is 5.56 Å². The van der Waals surface area contributed by atoms with Gasteiger partial charge in [-0.1, -0.05) is 43.7 Å². The number of methoxy groups -OCH3 is 1. The van der Waals surface area contributed by atoms with Gasteiger partial charge in [0.15, 0.2) is 0 Å². The highest BCUT2D eigenvalue weighted by Gasteiger charge is 2.24. The maximum atomic E-state index is 13.2. The highest BCUT2D eigenvalue weighted by atomic mass is 16.5. The lowest BCUT2D eigenvalue weighted by Crippen LogP contribution is -2.36. The summed E-state index contributed by atoms with van der Waals surface area (Å²) in [5.41, 5.74) is 3.92. The molecule has 0 bridgehead atoms. The van der Waals surface area contributed by atoms with Crippen LogP contribution in [0.1, 0.15) is 58.9 Å². The molecule has 0 unspecified atom stereocenters. The standard InChI is InChI=1S/C33H41N3O4/c1-3-4-21-40-29-13-10-27(11-14-29)32(37)35-28-12-15-31(30(24-28)33(38)34-18-22-39-2)36-19-16-26(17-20-36)23-25-8-6-5-7-9-25/h5-15,24,26H,3-4,16-23H2,1-2H3,(H,34,38)(H,35,37). The van der Waals surface area contributed by atoms with E-state index in [1.807, 2.05) is 24.3 Å². The van der Waals surface area contributed by atoms with Crippen molar-refractivity contribution in [3.63, 3.8) is 0 Å². The first-order valence-electron chi connectivity index (χ1n) is 14.3. The number of hydrogen-bond acceptors (Lipinski definition) is 5. The minimum Gasteiger partial charge on any atom is -0.494 e. The highest BCUT2D eigenvalue weighted by Crippen LogP contribution is 2.30. The molecule has 3 aromatic rings. The van der Waals surface area contributed by atoms with Crippen LogP contribution in [0.4, 0.5) is 11.4 Å². The number of anilines is 2. The minimum absolute atomic E-state index is 0.178. The van der Waals surface area contributed by atoms with E-state index in [0.29, 0.717) is 42.5 Å². The van der Waals surface area contributed by atoms with Crippen molar-refractivity contribution >= 4 is 23.2 Å². The van der Waals surface area contributed by atoms with Crippen molar-refractivity contribution in [1.82, 2.24) is 5.32 Å². The molecule has 0 saturated carbocycles. The molecule has 2 N–H and O–H groups in total. The lowest BCUT2D eigenvalue weighted by atomic mass is 9.89. The van der Waals surface area contributed by atoms with Crippen molar-refractivity contribution in [2.75, 3.05) is 50.2 Å². The SMILES string of the molecule is CCCCOc1ccc(C(=O)Nc2ccc(N3CCC(Cc4ccccc4)CC3)c(C(=O)NCCOC)c2)cc1. The molecule has 4 rings (SSSR count). The molecule has 2 amide bonds. The fourth-order valence-corrected chi connectivity index (χ4v) is 5.00. The van der Waals surface area contributed by atoms with Gasteiger partial charge in [0, 0.05) is 43.7 Å². The summed E-state index contributed by atoms with van der Waals surface area (Å²) in [5.74, 6) is 0.958. The molecule has 212 valence electrons. The van der Waals surface area contributed by atoms with Crippen LogP contribution in [0.3, 0.4) is 0 Å². The summed E-state index contributed by atoms with van der Waals surface area (Å²) in [7, 11) is 1.61. The molecule has 1 heterocycles. The van der Waals surface area contributed by atoms with Crippen LogP contribution in [0.5, 0.6) is 5.75 Å². The first-order chi connectivity index (χ1) is 19.6. The highest BCUT2D eigenvalue weighted by molar-refractivity contribution is 6.06. The maximum Gasteiger partial charge on any atom is 0.255 e. The van der Waals surface area contributed by atoms with Crippen LogP contribution in [-0.4, -0.2) is 51.8 Å². The molecule has 0 radical (unpaired) electrons. The number of unbranched alkanes of at least 4 members (excludes halogenated alkanes) is 1. The first kappa shape index (κ1) is 29.2. The number of carbonyl (C=O) groups is 2. The molecule has 7 nitrogen and oxygen atoms in total. The number of benzene rings is 3. The van der Waals surface area contributed by atoms with E-state index in [-0.39, 0.29) is 11.8 Å². The zero-order chi connectivity index (χ0) is 28.2. The third-order valence-corrected chi connectivity index (χ3v) is 7.30. The second kappa shape index (κ2) is 15.1. The van der Waals surface area contributed by atoms with Crippen LogP contribution in [0.25, 0.3) is 0 Å². The Labute approximate surface area is 237 Å². The molecule has 0 aromatic heterocycles. The summed E-state index contributed by atoms with van der Waals surface area (Å²) in [6, 6.07) is 23.3.